The van der Waals surface area contributed by atoms with E-state index in [-0.39, 0.29) is 0 Å². The summed E-state index contributed by atoms with van der Waals surface area (Å²) in [5.74, 6) is 1.73. The highest BCUT2D eigenvalue weighted by atomic mass is 32.1. The molecule has 1 fully saturated rings. The molecule has 1 aliphatic rings. The summed E-state index contributed by atoms with van der Waals surface area (Å²) in [6, 6.07) is 0. The number of aliphatic imine (C=N–C) groups is 1. The number of aryl methyl sites for hydroxylation is 1. The van der Waals surface area contributed by atoms with Gasteiger partial charge in [-0.05, 0) is 24.7 Å². The molecule has 0 bridgehead atoms. The first kappa shape index (κ1) is 14.3. The lowest BCUT2D eigenvalue weighted by atomic mass is 10.1. The fourth-order valence-electron chi connectivity index (χ4n) is 2.32. The van der Waals surface area contributed by atoms with E-state index in [2.05, 4.69) is 46.5 Å². The monoisotopic (exact) mass is 280 g/mol. The van der Waals surface area contributed by atoms with Crippen LogP contribution >= 0.6 is 11.3 Å². The average Bonchev–Trinajstić information content (AvgIpc) is 2.74. The lowest BCUT2D eigenvalue weighted by molar-refractivity contribution is 0.461. The quantitative estimate of drug-likeness (QED) is 0.680. The maximum Gasteiger partial charge on any atom is 0.193 e. The molecule has 4 nitrogen and oxygen atoms in total. The Balaban J connectivity index is 1.83. The van der Waals surface area contributed by atoms with E-state index >= 15 is 0 Å². The van der Waals surface area contributed by atoms with Crippen molar-refractivity contribution in [1.29, 1.82) is 0 Å². The normalized spacial score (nSPS) is 21.3. The SMILES string of the molecule is CN=C(NCC1CC1(C)C)N(C)Cc1csc(C)n1. The molecule has 1 unspecified atom stereocenters. The zero-order chi connectivity index (χ0) is 14.0. The van der Waals surface area contributed by atoms with E-state index in [0.29, 0.717) is 5.41 Å². The molecule has 0 aliphatic heterocycles. The maximum atomic E-state index is 4.49. The third-order valence-electron chi connectivity index (χ3n) is 3.86. The second-order valence-electron chi connectivity index (χ2n) is 6.03. The molecular weight excluding hydrogens is 256 g/mol. The first-order valence-corrected chi connectivity index (χ1v) is 7.63. The van der Waals surface area contributed by atoms with Gasteiger partial charge in [0, 0.05) is 26.0 Å². The van der Waals surface area contributed by atoms with Gasteiger partial charge in [-0.25, -0.2) is 4.98 Å². The van der Waals surface area contributed by atoms with Crippen molar-refractivity contribution >= 4 is 17.3 Å². The average molecular weight is 280 g/mol. The number of nitrogens with one attached hydrogen (secondary N) is 1. The molecule has 0 amide bonds. The van der Waals surface area contributed by atoms with Crippen molar-refractivity contribution < 1.29 is 0 Å². The van der Waals surface area contributed by atoms with Crippen LogP contribution in [0.25, 0.3) is 0 Å². The number of rotatable bonds is 4. The molecule has 1 atom stereocenters. The molecule has 0 spiro atoms. The highest BCUT2D eigenvalue weighted by molar-refractivity contribution is 7.09. The van der Waals surface area contributed by atoms with Gasteiger partial charge in [0.1, 0.15) is 0 Å². The summed E-state index contributed by atoms with van der Waals surface area (Å²) in [5, 5.41) is 6.70. The summed E-state index contributed by atoms with van der Waals surface area (Å²) >= 11 is 1.70. The van der Waals surface area contributed by atoms with Crippen molar-refractivity contribution in [1.82, 2.24) is 15.2 Å². The summed E-state index contributed by atoms with van der Waals surface area (Å²) in [6.45, 7) is 8.50. The molecule has 1 aromatic heterocycles. The van der Waals surface area contributed by atoms with Crippen LogP contribution in [0, 0.1) is 18.3 Å². The van der Waals surface area contributed by atoms with Crippen LogP contribution < -0.4 is 5.32 Å². The van der Waals surface area contributed by atoms with Crippen molar-refractivity contribution in [3.8, 4) is 0 Å². The fraction of sp³-hybridized carbons (Fsp3) is 0.714. The molecule has 19 heavy (non-hydrogen) atoms. The van der Waals surface area contributed by atoms with E-state index in [0.717, 1.165) is 35.7 Å². The fourth-order valence-corrected chi connectivity index (χ4v) is 2.93. The number of aromatic nitrogens is 1. The van der Waals surface area contributed by atoms with Gasteiger partial charge in [0.25, 0.3) is 0 Å². The van der Waals surface area contributed by atoms with Gasteiger partial charge in [-0.15, -0.1) is 11.3 Å². The van der Waals surface area contributed by atoms with Crippen LogP contribution in [-0.4, -0.2) is 36.5 Å². The Morgan fingerprint density at radius 3 is 2.79 bits per heavy atom. The first-order chi connectivity index (χ1) is 8.92. The third kappa shape index (κ3) is 3.69. The molecular formula is C14H24N4S. The second-order valence-corrected chi connectivity index (χ2v) is 7.09. The number of hydrogen-bond acceptors (Lipinski definition) is 3. The molecule has 1 saturated carbocycles. The van der Waals surface area contributed by atoms with E-state index in [1.807, 2.05) is 14.0 Å². The highest BCUT2D eigenvalue weighted by Crippen LogP contribution is 2.50. The zero-order valence-corrected chi connectivity index (χ0v) is 13.3. The van der Waals surface area contributed by atoms with Gasteiger partial charge in [-0.2, -0.15) is 0 Å². The van der Waals surface area contributed by atoms with E-state index in [9.17, 15) is 0 Å². The summed E-state index contributed by atoms with van der Waals surface area (Å²) in [5.41, 5.74) is 1.62. The first-order valence-electron chi connectivity index (χ1n) is 6.75. The Bertz CT molecular complexity index is 464. The predicted octanol–water partition coefficient (Wildman–Crippen LogP) is 2.50. The topological polar surface area (TPSA) is 40.5 Å². The van der Waals surface area contributed by atoms with Crippen molar-refractivity contribution in [2.45, 2.75) is 33.7 Å². The number of nitrogens with zero attached hydrogens (tertiary/aromatic N) is 3. The van der Waals surface area contributed by atoms with Crippen LogP contribution in [-0.2, 0) is 6.54 Å². The standard InChI is InChI=1S/C14H24N4S/c1-10-17-12(9-19-10)8-18(5)13(15-4)16-7-11-6-14(11,2)3/h9,11H,6-8H2,1-5H3,(H,15,16). The van der Waals surface area contributed by atoms with Gasteiger partial charge in [0.2, 0.25) is 0 Å². The van der Waals surface area contributed by atoms with Crippen molar-refractivity contribution in [3.63, 3.8) is 0 Å². The highest BCUT2D eigenvalue weighted by Gasteiger charge is 2.45. The van der Waals surface area contributed by atoms with Crippen molar-refractivity contribution in [2.75, 3.05) is 20.6 Å². The van der Waals surface area contributed by atoms with Gasteiger partial charge in [-0.3, -0.25) is 4.99 Å². The molecule has 0 aromatic carbocycles. The van der Waals surface area contributed by atoms with Gasteiger partial charge in [0.15, 0.2) is 5.96 Å². The summed E-state index contributed by atoms with van der Waals surface area (Å²) in [6.07, 6.45) is 1.31. The molecule has 2 rings (SSSR count). The Kier molecular flexibility index (Phi) is 4.13. The van der Waals surface area contributed by atoms with E-state index in [4.69, 9.17) is 0 Å². The number of hydrogen-bond donors (Lipinski definition) is 1. The molecule has 1 N–H and O–H groups in total. The number of thiazole rings is 1. The maximum absolute atomic E-state index is 4.49. The largest absolute Gasteiger partial charge is 0.356 e. The minimum Gasteiger partial charge on any atom is -0.356 e. The molecule has 0 saturated heterocycles. The Labute approximate surface area is 120 Å². The summed E-state index contributed by atoms with van der Waals surface area (Å²) in [4.78, 5) is 11.0. The van der Waals surface area contributed by atoms with Crippen LogP contribution in [0.2, 0.25) is 0 Å². The molecule has 1 heterocycles. The number of guanidine groups is 1. The molecule has 106 valence electrons. The predicted molar refractivity (Wildman–Crippen MR) is 81.6 cm³/mol. The van der Waals surface area contributed by atoms with Gasteiger partial charge >= 0.3 is 0 Å². The summed E-state index contributed by atoms with van der Waals surface area (Å²) in [7, 11) is 3.89. The Morgan fingerprint density at radius 2 is 2.32 bits per heavy atom. The zero-order valence-electron chi connectivity index (χ0n) is 12.5. The Hall–Kier alpha value is -1.10. The second kappa shape index (κ2) is 5.49. The third-order valence-corrected chi connectivity index (χ3v) is 4.69. The minimum absolute atomic E-state index is 0.510. The van der Waals surface area contributed by atoms with Crippen molar-refractivity contribution in [2.24, 2.45) is 16.3 Å². The van der Waals surface area contributed by atoms with Gasteiger partial charge in [0.05, 0.1) is 17.2 Å². The molecule has 5 heteroatoms. The van der Waals surface area contributed by atoms with E-state index in [1.165, 1.54) is 6.42 Å². The van der Waals surface area contributed by atoms with Gasteiger partial charge in [-0.1, -0.05) is 13.8 Å². The molecule has 0 radical (unpaired) electrons. The van der Waals surface area contributed by atoms with Crippen molar-refractivity contribution in [3.05, 3.63) is 16.1 Å². The van der Waals surface area contributed by atoms with Crippen LogP contribution in [0.3, 0.4) is 0 Å². The van der Waals surface area contributed by atoms with E-state index < -0.39 is 0 Å². The van der Waals surface area contributed by atoms with E-state index in [1.54, 1.807) is 11.3 Å². The lowest BCUT2D eigenvalue weighted by Gasteiger charge is -2.21. The molecule has 1 aromatic rings. The van der Waals surface area contributed by atoms with Crippen LogP contribution in [0.1, 0.15) is 31.0 Å². The van der Waals surface area contributed by atoms with Crippen LogP contribution in [0.4, 0.5) is 0 Å². The molecule has 1 aliphatic carbocycles. The summed E-state index contributed by atoms with van der Waals surface area (Å²) < 4.78 is 0. The van der Waals surface area contributed by atoms with Crippen LogP contribution in [0.15, 0.2) is 10.4 Å². The van der Waals surface area contributed by atoms with Gasteiger partial charge < -0.3 is 10.2 Å². The van der Waals surface area contributed by atoms with Crippen LogP contribution in [0.5, 0.6) is 0 Å². The lowest BCUT2D eigenvalue weighted by Crippen LogP contribution is -2.39. The minimum atomic E-state index is 0.510. The smallest absolute Gasteiger partial charge is 0.193 e. The Morgan fingerprint density at radius 1 is 1.63 bits per heavy atom.